The van der Waals surface area contributed by atoms with Crippen molar-refractivity contribution in [1.82, 2.24) is 29.6 Å². The molecule has 0 saturated heterocycles. The standard InChI is InChI=1S/C29H27FN6O3S2/c1-35(14-12-19-10-11-24(38-2)25(15-19)39-3)28(37)22-17-40-26(32-22)18-41-29-34-33-27(20-7-6-13-31-16-20)36(29)23-9-5-4-8-21(23)30/h4-11,13,15-17H,12,14,18H2,1-3H3. The molecule has 9 nitrogen and oxygen atoms in total. The minimum atomic E-state index is -0.391. The number of aromatic nitrogens is 5. The van der Waals surface area contributed by atoms with Crippen LogP contribution in [0.1, 0.15) is 21.1 Å². The highest BCUT2D eigenvalue weighted by Crippen LogP contribution is 2.31. The van der Waals surface area contributed by atoms with Gasteiger partial charge in [-0.25, -0.2) is 9.37 Å². The van der Waals surface area contributed by atoms with Gasteiger partial charge in [-0.2, -0.15) is 0 Å². The average Bonchev–Trinajstić information content (AvgIpc) is 3.66. The van der Waals surface area contributed by atoms with Gasteiger partial charge in [-0.1, -0.05) is 30.0 Å². The van der Waals surface area contributed by atoms with Crippen LogP contribution < -0.4 is 9.47 Å². The van der Waals surface area contributed by atoms with E-state index in [1.807, 2.05) is 24.3 Å². The molecule has 0 bridgehead atoms. The Hall–Kier alpha value is -4.29. The Morgan fingerprint density at radius 3 is 2.66 bits per heavy atom. The van der Waals surface area contributed by atoms with Gasteiger partial charge < -0.3 is 14.4 Å². The quantitative estimate of drug-likeness (QED) is 0.185. The number of hydrogen-bond acceptors (Lipinski definition) is 9. The summed E-state index contributed by atoms with van der Waals surface area (Å²) in [6, 6.07) is 15.8. The lowest BCUT2D eigenvalue weighted by Gasteiger charge is -2.16. The minimum absolute atomic E-state index is 0.161. The average molecular weight is 591 g/mol. The van der Waals surface area contributed by atoms with Crippen LogP contribution in [0.15, 0.2) is 77.5 Å². The lowest BCUT2D eigenvalue weighted by molar-refractivity contribution is 0.0791. The predicted molar refractivity (Wildman–Crippen MR) is 156 cm³/mol. The molecule has 3 heterocycles. The number of likely N-dealkylation sites (N-methyl/N-ethyl adjacent to an activating group) is 1. The molecular weight excluding hydrogens is 563 g/mol. The van der Waals surface area contributed by atoms with E-state index in [2.05, 4.69) is 20.2 Å². The number of carbonyl (C=O) groups is 1. The number of thiazole rings is 1. The molecule has 41 heavy (non-hydrogen) atoms. The topological polar surface area (TPSA) is 95.3 Å². The number of amides is 1. The lowest BCUT2D eigenvalue weighted by atomic mass is 10.1. The first-order chi connectivity index (χ1) is 20.0. The first-order valence-electron chi connectivity index (χ1n) is 12.6. The fourth-order valence-electron chi connectivity index (χ4n) is 4.13. The number of hydrogen-bond donors (Lipinski definition) is 0. The molecule has 5 rings (SSSR count). The highest BCUT2D eigenvalue weighted by molar-refractivity contribution is 7.98. The van der Waals surface area contributed by atoms with E-state index in [1.54, 1.807) is 72.8 Å². The minimum Gasteiger partial charge on any atom is -0.493 e. The largest absolute Gasteiger partial charge is 0.493 e. The predicted octanol–water partition coefficient (Wildman–Crippen LogP) is 5.55. The maximum Gasteiger partial charge on any atom is 0.273 e. The summed E-state index contributed by atoms with van der Waals surface area (Å²) in [5.74, 6) is 1.68. The number of methoxy groups -OCH3 is 2. The molecule has 0 aliphatic carbocycles. The number of thioether (sulfide) groups is 1. The van der Waals surface area contributed by atoms with E-state index in [-0.39, 0.29) is 5.91 Å². The maximum atomic E-state index is 14.8. The SMILES string of the molecule is COc1ccc(CCN(C)C(=O)c2csc(CSc3nnc(-c4cccnc4)n3-c3ccccc3F)n2)cc1OC. The monoisotopic (exact) mass is 590 g/mol. The van der Waals surface area contributed by atoms with Gasteiger partial charge >= 0.3 is 0 Å². The highest BCUT2D eigenvalue weighted by atomic mass is 32.2. The van der Waals surface area contributed by atoms with Gasteiger partial charge in [0.1, 0.15) is 16.5 Å². The number of benzene rings is 2. The molecule has 0 saturated carbocycles. The normalized spacial score (nSPS) is 10.9. The molecule has 0 spiro atoms. The van der Waals surface area contributed by atoms with Crippen molar-refractivity contribution in [1.29, 1.82) is 0 Å². The Labute approximate surface area is 245 Å². The summed E-state index contributed by atoms with van der Waals surface area (Å²) in [7, 11) is 4.95. The van der Waals surface area contributed by atoms with Crippen LogP contribution in [-0.4, -0.2) is 63.4 Å². The fourth-order valence-corrected chi connectivity index (χ4v) is 5.86. The molecule has 2 aromatic carbocycles. The summed E-state index contributed by atoms with van der Waals surface area (Å²) in [4.78, 5) is 23.4. The van der Waals surface area contributed by atoms with Gasteiger partial charge in [0.05, 0.1) is 25.7 Å². The van der Waals surface area contributed by atoms with Gasteiger partial charge in [0.15, 0.2) is 22.5 Å². The van der Waals surface area contributed by atoms with Gasteiger partial charge in [0.2, 0.25) is 0 Å². The number of carbonyl (C=O) groups excluding carboxylic acids is 1. The lowest BCUT2D eigenvalue weighted by Crippen LogP contribution is -2.29. The molecular formula is C29H27FN6O3S2. The second kappa shape index (κ2) is 12.9. The molecule has 5 aromatic rings. The molecule has 0 unspecified atom stereocenters. The summed E-state index contributed by atoms with van der Waals surface area (Å²) in [6.45, 7) is 0.513. The Kier molecular flexibility index (Phi) is 8.90. The zero-order valence-electron chi connectivity index (χ0n) is 22.7. The van der Waals surface area contributed by atoms with E-state index in [0.717, 1.165) is 10.6 Å². The summed E-state index contributed by atoms with van der Waals surface area (Å²) in [5.41, 5.74) is 2.47. The Morgan fingerprint density at radius 2 is 1.90 bits per heavy atom. The zero-order valence-corrected chi connectivity index (χ0v) is 24.3. The van der Waals surface area contributed by atoms with Crippen LogP contribution in [0.25, 0.3) is 17.1 Å². The van der Waals surface area contributed by atoms with Crippen molar-refractivity contribution >= 4 is 29.0 Å². The van der Waals surface area contributed by atoms with Crippen molar-refractivity contribution in [3.05, 3.63) is 94.5 Å². The van der Waals surface area contributed by atoms with Crippen LogP contribution in [0.4, 0.5) is 4.39 Å². The van der Waals surface area contributed by atoms with E-state index in [0.29, 0.717) is 58.1 Å². The van der Waals surface area contributed by atoms with Crippen molar-refractivity contribution in [2.45, 2.75) is 17.3 Å². The van der Waals surface area contributed by atoms with Gasteiger partial charge in [-0.3, -0.25) is 14.3 Å². The summed E-state index contributed by atoms with van der Waals surface area (Å²) < 4.78 is 27.2. The third kappa shape index (κ3) is 6.39. The van der Waals surface area contributed by atoms with E-state index in [1.165, 1.54) is 29.2 Å². The van der Waals surface area contributed by atoms with Gasteiger partial charge in [0, 0.05) is 36.9 Å². The number of halogens is 1. The van der Waals surface area contributed by atoms with Gasteiger partial charge in [-0.15, -0.1) is 21.5 Å². The van der Waals surface area contributed by atoms with Crippen LogP contribution in [0, 0.1) is 5.82 Å². The van der Waals surface area contributed by atoms with Crippen LogP contribution in [0.2, 0.25) is 0 Å². The molecule has 0 aliphatic heterocycles. The third-order valence-corrected chi connectivity index (χ3v) is 8.24. The van der Waals surface area contributed by atoms with E-state index in [4.69, 9.17) is 9.47 Å². The first kappa shape index (κ1) is 28.2. The number of para-hydroxylation sites is 1. The maximum absolute atomic E-state index is 14.8. The van der Waals surface area contributed by atoms with Gasteiger partial charge in [-0.05, 0) is 48.4 Å². The van der Waals surface area contributed by atoms with Crippen LogP contribution in [-0.2, 0) is 12.2 Å². The van der Waals surface area contributed by atoms with Crippen LogP contribution in [0.5, 0.6) is 11.5 Å². The molecule has 3 aromatic heterocycles. The third-order valence-electron chi connectivity index (χ3n) is 6.27. The Balaban J connectivity index is 1.27. The van der Waals surface area contributed by atoms with E-state index >= 15 is 0 Å². The van der Waals surface area contributed by atoms with Crippen LogP contribution in [0.3, 0.4) is 0 Å². The number of nitrogens with zero attached hydrogens (tertiary/aromatic N) is 6. The molecule has 0 radical (unpaired) electrons. The molecule has 1 amide bonds. The molecule has 0 fully saturated rings. The van der Waals surface area contributed by atoms with Crippen molar-refractivity contribution in [2.75, 3.05) is 27.8 Å². The molecule has 0 N–H and O–H groups in total. The second-order valence-corrected chi connectivity index (χ2v) is 10.8. The van der Waals surface area contributed by atoms with E-state index < -0.39 is 5.82 Å². The zero-order chi connectivity index (χ0) is 28.8. The van der Waals surface area contributed by atoms with Crippen molar-refractivity contribution < 1.29 is 18.7 Å². The number of rotatable bonds is 11. The molecule has 210 valence electrons. The van der Waals surface area contributed by atoms with Crippen LogP contribution >= 0.6 is 23.1 Å². The Morgan fingerprint density at radius 1 is 1.07 bits per heavy atom. The number of ether oxygens (including phenoxy) is 2. The Bertz CT molecular complexity index is 1640. The summed E-state index contributed by atoms with van der Waals surface area (Å²) >= 11 is 2.76. The molecule has 12 heteroatoms. The molecule has 0 atom stereocenters. The van der Waals surface area contributed by atoms with Crippen molar-refractivity contribution in [3.63, 3.8) is 0 Å². The summed E-state index contributed by atoms with van der Waals surface area (Å²) in [5, 5.41) is 11.7. The smallest absolute Gasteiger partial charge is 0.273 e. The number of pyridine rings is 1. The fraction of sp³-hybridized carbons (Fsp3) is 0.207. The van der Waals surface area contributed by atoms with Crippen molar-refractivity contribution in [3.8, 4) is 28.6 Å². The first-order valence-corrected chi connectivity index (χ1v) is 14.5. The highest BCUT2D eigenvalue weighted by Gasteiger charge is 2.20. The van der Waals surface area contributed by atoms with Gasteiger partial charge in [0.25, 0.3) is 5.91 Å². The van der Waals surface area contributed by atoms with Crippen molar-refractivity contribution in [2.24, 2.45) is 0 Å². The summed E-state index contributed by atoms with van der Waals surface area (Å²) in [6.07, 6.45) is 3.98. The molecule has 0 aliphatic rings. The second-order valence-electron chi connectivity index (χ2n) is 8.92. The van der Waals surface area contributed by atoms with E-state index in [9.17, 15) is 9.18 Å².